The zero-order valence-electron chi connectivity index (χ0n) is 10.1. The van der Waals surface area contributed by atoms with Gasteiger partial charge < -0.3 is 9.30 Å². The average molecular weight is 264 g/mol. The molecule has 94 valence electrons. The van der Waals surface area contributed by atoms with Crippen LogP contribution in [-0.2, 0) is 22.5 Å². The van der Waals surface area contributed by atoms with Crippen molar-refractivity contribution in [2.24, 2.45) is 0 Å². The largest absolute Gasteiger partial charge is 0.460 e. The highest BCUT2D eigenvalue weighted by Crippen LogP contribution is 2.37. The van der Waals surface area contributed by atoms with Crippen LogP contribution in [0.5, 0.6) is 0 Å². The Balaban J connectivity index is 2.28. The fourth-order valence-corrected chi connectivity index (χ4v) is 3.05. The van der Waals surface area contributed by atoms with Gasteiger partial charge in [0.05, 0.1) is 10.5 Å². The number of benzene rings is 1. The summed E-state index contributed by atoms with van der Waals surface area (Å²) in [5.74, 6) is 0. The van der Waals surface area contributed by atoms with Crippen LogP contribution >= 0.6 is 11.6 Å². The van der Waals surface area contributed by atoms with Gasteiger partial charge in [-0.2, -0.15) is 0 Å². The standard InChI is InChI=1S/C14H14ClNO2/c1-9(18-8-17)11-7-16-6-2-3-10-4-5-12(15)13(11)14(10)16/h4-5,7-9H,2-3,6H2,1H3. The maximum absolute atomic E-state index is 10.5. The molecule has 0 N–H and O–H groups in total. The molecule has 3 nitrogen and oxygen atoms in total. The maximum atomic E-state index is 10.5. The van der Waals surface area contributed by atoms with E-state index in [0.717, 1.165) is 35.4 Å². The van der Waals surface area contributed by atoms with Crippen molar-refractivity contribution < 1.29 is 9.53 Å². The first-order valence-corrected chi connectivity index (χ1v) is 6.49. The van der Waals surface area contributed by atoms with Gasteiger partial charge in [-0.05, 0) is 31.4 Å². The van der Waals surface area contributed by atoms with Crippen molar-refractivity contribution in [2.75, 3.05) is 0 Å². The van der Waals surface area contributed by atoms with E-state index >= 15 is 0 Å². The molecule has 2 heterocycles. The van der Waals surface area contributed by atoms with Gasteiger partial charge in [0.2, 0.25) is 0 Å². The number of aryl methyl sites for hydroxylation is 2. The molecule has 0 spiro atoms. The molecular formula is C14H14ClNO2. The van der Waals surface area contributed by atoms with Gasteiger partial charge >= 0.3 is 0 Å². The third-order valence-corrected chi connectivity index (χ3v) is 3.94. The van der Waals surface area contributed by atoms with Crippen LogP contribution < -0.4 is 0 Å². The fourth-order valence-electron chi connectivity index (χ4n) is 2.79. The first-order chi connectivity index (χ1) is 8.72. The summed E-state index contributed by atoms with van der Waals surface area (Å²) >= 11 is 6.32. The number of hydrogen-bond acceptors (Lipinski definition) is 2. The number of hydrogen-bond donors (Lipinski definition) is 0. The second-order valence-corrected chi connectivity index (χ2v) is 5.09. The molecule has 0 radical (unpaired) electrons. The zero-order chi connectivity index (χ0) is 12.7. The molecule has 1 aromatic heterocycles. The summed E-state index contributed by atoms with van der Waals surface area (Å²) in [5.41, 5.74) is 3.51. The molecule has 4 heteroatoms. The normalized spacial score (nSPS) is 15.7. The molecule has 0 saturated carbocycles. The van der Waals surface area contributed by atoms with Crippen LogP contribution in [0.25, 0.3) is 10.9 Å². The number of carbonyl (C=O) groups excluding carboxylic acids is 1. The van der Waals surface area contributed by atoms with Gasteiger partial charge in [-0.1, -0.05) is 17.7 Å². The molecule has 2 aromatic rings. The average Bonchev–Trinajstić information content (AvgIpc) is 2.76. The van der Waals surface area contributed by atoms with Crippen molar-refractivity contribution >= 4 is 29.0 Å². The number of carbonyl (C=O) groups is 1. The van der Waals surface area contributed by atoms with E-state index in [0.29, 0.717) is 6.47 Å². The van der Waals surface area contributed by atoms with Crippen LogP contribution in [0.1, 0.15) is 30.6 Å². The first kappa shape index (κ1) is 11.6. The molecule has 1 aromatic carbocycles. The minimum atomic E-state index is -0.267. The lowest BCUT2D eigenvalue weighted by molar-refractivity contribution is -0.133. The van der Waals surface area contributed by atoms with Crippen LogP contribution in [-0.4, -0.2) is 11.0 Å². The van der Waals surface area contributed by atoms with E-state index in [1.165, 1.54) is 11.1 Å². The first-order valence-electron chi connectivity index (χ1n) is 6.11. The number of nitrogens with zero attached hydrogens (tertiary/aromatic N) is 1. The molecule has 3 rings (SSSR count). The lowest BCUT2D eigenvalue weighted by atomic mass is 10.0. The lowest BCUT2D eigenvalue weighted by Gasteiger charge is -2.15. The fraction of sp³-hybridized carbons (Fsp3) is 0.357. The van der Waals surface area contributed by atoms with Crippen molar-refractivity contribution in [2.45, 2.75) is 32.4 Å². The molecule has 0 bridgehead atoms. The Hall–Kier alpha value is -1.48. The van der Waals surface area contributed by atoms with Gasteiger partial charge in [-0.3, -0.25) is 4.79 Å². The molecule has 1 aliphatic rings. The molecule has 1 unspecified atom stereocenters. The molecular weight excluding hydrogens is 250 g/mol. The van der Waals surface area contributed by atoms with Crippen molar-refractivity contribution in [3.8, 4) is 0 Å². The number of ether oxygens (including phenoxy) is 1. The monoisotopic (exact) mass is 263 g/mol. The Bertz CT molecular complexity index is 618. The van der Waals surface area contributed by atoms with E-state index in [2.05, 4.69) is 16.8 Å². The lowest BCUT2D eigenvalue weighted by Crippen LogP contribution is -2.06. The minimum absolute atomic E-state index is 0.267. The molecule has 18 heavy (non-hydrogen) atoms. The summed E-state index contributed by atoms with van der Waals surface area (Å²) in [6, 6.07) is 4.03. The van der Waals surface area contributed by atoms with Crippen LogP contribution in [0.3, 0.4) is 0 Å². The van der Waals surface area contributed by atoms with Gasteiger partial charge in [0.15, 0.2) is 0 Å². The van der Waals surface area contributed by atoms with Crippen LogP contribution in [0.2, 0.25) is 5.02 Å². The van der Waals surface area contributed by atoms with Crippen molar-refractivity contribution in [1.29, 1.82) is 0 Å². The third-order valence-electron chi connectivity index (χ3n) is 3.62. The van der Waals surface area contributed by atoms with Gasteiger partial charge in [0.25, 0.3) is 6.47 Å². The highest BCUT2D eigenvalue weighted by molar-refractivity contribution is 6.36. The second-order valence-electron chi connectivity index (χ2n) is 4.69. The van der Waals surface area contributed by atoms with E-state index in [4.69, 9.17) is 16.3 Å². The van der Waals surface area contributed by atoms with Crippen LogP contribution in [0.15, 0.2) is 18.3 Å². The highest BCUT2D eigenvalue weighted by atomic mass is 35.5. The second kappa shape index (κ2) is 4.32. The summed E-state index contributed by atoms with van der Waals surface area (Å²) in [7, 11) is 0. The van der Waals surface area contributed by atoms with Crippen LogP contribution in [0, 0.1) is 0 Å². The Morgan fingerprint density at radius 3 is 3.11 bits per heavy atom. The van der Waals surface area contributed by atoms with Crippen LogP contribution in [0.4, 0.5) is 0 Å². The summed E-state index contributed by atoms with van der Waals surface area (Å²) < 4.78 is 7.28. The SMILES string of the molecule is CC(OC=O)c1cn2c3c(ccc(Cl)c13)CCC2. The third kappa shape index (κ3) is 1.62. The van der Waals surface area contributed by atoms with Crippen molar-refractivity contribution in [1.82, 2.24) is 4.57 Å². The van der Waals surface area contributed by atoms with E-state index in [-0.39, 0.29) is 6.10 Å². The number of aromatic nitrogens is 1. The molecule has 0 saturated heterocycles. The summed E-state index contributed by atoms with van der Waals surface area (Å²) in [5, 5.41) is 1.76. The molecule has 1 atom stereocenters. The smallest absolute Gasteiger partial charge is 0.293 e. The summed E-state index contributed by atoms with van der Waals surface area (Å²) in [4.78, 5) is 10.5. The van der Waals surface area contributed by atoms with E-state index in [1.54, 1.807) is 0 Å². The molecule has 0 fully saturated rings. The summed E-state index contributed by atoms with van der Waals surface area (Å²) in [6.45, 7) is 3.36. The van der Waals surface area contributed by atoms with Gasteiger partial charge in [0.1, 0.15) is 6.10 Å². The highest BCUT2D eigenvalue weighted by Gasteiger charge is 2.21. The Morgan fingerprint density at radius 2 is 2.33 bits per heavy atom. The Labute approximate surface area is 110 Å². The molecule has 0 amide bonds. The Morgan fingerprint density at radius 1 is 1.50 bits per heavy atom. The van der Waals surface area contributed by atoms with Gasteiger partial charge in [-0.15, -0.1) is 0 Å². The van der Waals surface area contributed by atoms with Gasteiger partial charge in [0, 0.05) is 23.7 Å². The number of halogens is 1. The Kier molecular flexibility index (Phi) is 2.78. The molecule has 1 aliphatic heterocycles. The van der Waals surface area contributed by atoms with Crippen molar-refractivity contribution in [3.63, 3.8) is 0 Å². The van der Waals surface area contributed by atoms with E-state index in [9.17, 15) is 4.79 Å². The van der Waals surface area contributed by atoms with E-state index in [1.807, 2.05) is 13.0 Å². The predicted molar refractivity (Wildman–Crippen MR) is 70.8 cm³/mol. The number of rotatable bonds is 3. The zero-order valence-corrected chi connectivity index (χ0v) is 10.9. The van der Waals surface area contributed by atoms with Crippen molar-refractivity contribution in [3.05, 3.63) is 34.5 Å². The predicted octanol–water partition coefficient (Wildman–Crippen LogP) is 3.47. The minimum Gasteiger partial charge on any atom is -0.460 e. The van der Waals surface area contributed by atoms with E-state index < -0.39 is 0 Å². The maximum Gasteiger partial charge on any atom is 0.293 e. The summed E-state index contributed by atoms with van der Waals surface area (Å²) in [6.07, 6.45) is 4.02. The topological polar surface area (TPSA) is 31.2 Å². The molecule has 0 aliphatic carbocycles. The van der Waals surface area contributed by atoms with Gasteiger partial charge in [-0.25, -0.2) is 0 Å². The quantitative estimate of drug-likeness (QED) is 0.794.